The maximum absolute atomic E-state index is 12.3. The van der Waals surface area contributed by atoms with Crippen LogP contribution < -0.4 is 0 Å². The molecule has 1 aliphatic rings. The molecule has 0 unspecified atom stereocenters. The number of aliphatic hydroxyl groups is 1. The van der Waals surface area contributed by atoms with Crippen molar-refractivity contribution in [3.05, 3.63) is 28.2 Å². The zero-order valence-electron chi connectivity index (χ0n) is 13.8. The van der Waals surface area contributed by atoms with Gasteiger partial charge in [0.25, 0.3) is 0 Å². The summed E-state index contributed by atoms with van der Waals surface area (Å²) in [5.74, 6) is 0.270. The van der Waals surface area contributed by atoms with E-state index in [2.05, 4.69) is 15.9 Å². The second kappa shape index (κ2) is 7.09. The maximum Gasteiger partial charge on any atom is 0.410 e. The van der Waals surface area contributed by atoms with Gasteiger partial charge >= 0.3 is 6.09 Å². The highest BCUT2D eigenvalue weighted by Gasteiger charge is 2.38. The molecular weight excluding hydrogens is 362 g/mol. The minimum atomic E-state index is -0.542. The van der Waals surface area contributed by atoms with Gasteiger partial charge in [0.05, 0.1) is 4.47 Å². The molecule has 1 amide bonds. The summed E-state index contributed by atoms with van der Waals surface area (Å²) in [7, 11) is 0. The van der Waals surface area contributed by atoms with Crippen LogP contribution >= 0.6 is 15.9 Å². The van der Waals surface area contributed by atoms with Crippen LogP contribution in [0.1, 0.15) is 38.7 Å². The number of carbonyl (C=O) groups excluding carboxylic acids is 1. The van der Waals surface area contributed by atoms with E-state index in [9.17, 15) is 15.0 Å². The Kier molecular flexibility index (Phi) is 5.57. The van der Waals surface area contributed by atoms with Crippen LogP contribution in [0, 0.1) is 5.92 Å². The summed E-state index contributed by atoms with van der Waals surface area (Å²) in [5.41, 5.74) is 0.253. The summed E-state index contributed by atoms with van der Waals surface area (Å²) in [4.78, 5) is 14.0. The van der Waals surface area contributed by atoms with E-state index in [1.807, 2.05) is 32.9 Å². The zero-order chi connectivity index (χ0) is 17.2. The van der Waals surface area contributed by atoms with E-state index in [1.165, 1.54) is 0 Å². The van der Waals surface area contributed by atoms with E-state index in [4.69, 9.17) is 4.74 Å². The van der Waals surface area contributed by atoms with Gasteiger partial charge in [-0.25, -0.2) is 4.79 Å². The van der Waals surface area contributed by atoms with Gasteiger partial charge in [-0.15, -0.1) is 0 Å². The standard InChI is InChI=1S/C17H24BrNO4/c1-17(2,3)23-16(22)19-9-11(7-8-20)13(10-19)12-5-4-6-14(18)15(12)21/h4-6,11,13,20-21H,7-10H2,1-3H3/t11-,13-/m1/s1. The van der Waals surface area contributed by atoms with Crippen LogP contribution in [0.2, 0.25) is 0 Å². The molecule has 0 saturated carbocycles. The molecule has 0 spiro atoms. The number of aliphatic hydroxyl groups excluding tert-OH is 1. The van der Waals surface area contributed by atoms with Gasteiger partial charge in [0, 0.05) is 31.2 Å². The number of nitrogens with zero attached hydrogens (tertiary/aromatic N) is 1. The number of phenols is 1. The summed E-state index contributed by atoms with van der Waals surface area (Å²) in [6.45, 7) is 6.56. The summed E-state index contributed by atoms with van der Waals surface area (Å²) < 4.78 is 6.07. The SMILES string of the molecule is CC(C)(C)OC(=O)N1C[C@@H](CCO)[C@H](c2cccc(Br)c2O)C1. The van der Waals surface area contributed by atoms with Gasteiger partial charge in [-0.05, 0) is 55.1 Å². The third-order valence-corrected chi connectivity index (χ3v) is 4.65. The summed E-state index contributed by atoms with van der Waals surface area (Å²) in [5, 5.41) is 19.6. The molecule has 1 aromatic carbocycles. The van der Waals surface area contributed by atoms with E-state index < -0.39 is 5.60 Å². The molecule has 128 valence electrons. The van der Waals surface area contributed by atoms with Gasteiger partial charge in [0.2, 0.25) is 0 Å². The first kappa shape index (κ1) is 18.1. The van der Waals surface area contributed by atoms with Crippen molar-refractivity contribution in [1.82, 2.24) is 4.90 Å². The number of benzene rings is 1. The van der Waals surface area contributed by atoms with Crippen LogP contribution in [-0.2, 0) is 4.74 Å². The number of halogens is 1. The molecule has 0 radical (unpaired) electrons. The van der Waals surface area contributed by atoms with Crippen LogP contribution in [-0.4, -0.2) is 46.5 Å². The minimum Gasteiger partial charge on any atom is -0.506 e. The number of phenolic OH excluding ortho intramolecular Hbond substituents is 1. The van der Waals surface area contributed by atoms with Crippen molar-refractivity contribution in [1.29, 1.82) is 0 Å². The number of rotatable bonds is 3. The molecule has 0 aromatic heterocycles. The number of aromatic hydroxyl groups is 1. The fourth-order valence-corrected chi connectivity index (χ4v) is 3.37. The highest BCUT2D eigenvalue weighted by Crippen LogP contribution is 2.41. The number of likely N-dealkylation sites (tertiary alicyclic amines) is 1. The largest absolute Gasteiger partial charge is 0.506 e. The Hall–Kier alpha value is -1.27. The van der Waals surface area contributed by atoms with Gasteiger partial charge in [-0.2, -0.15) is 0 Å². The molecule has 2 atom stereocenters. The second-order valence-electron chi connectivity index (χ2n) is 6.94. The van der Waals surface area contributed by atoms with Gasteiger partial charge in [0.1, 0.15) is 11.4 Å². The molecule has 2 rings (SSSR count). The Morgan fingerprint density at radius 1 is 1.39 bits per heavy atom. The lowest BCUT2D eigenvalue weighted by molar-refractivity contribution is 0.0284. The monoisotopic (exact) mass is 385 g/mol. The number of carbonyl (C=O) groups is 1. The van der Waals surface area contributed by atoms with Crippen LogP contribution in [0.25, 0.3) is 0 Å². The Labute approximate surface area is 145 Å². The van der Waals surface area contributed by atoms with Gasteiger partial charge in [0.15, 0.2) is 0 Å². The number of ether oxygens (including phenoxy) is 1. The first-order valence-corrected chi connectivity index (χ1v) is 8.58. The van der Waals surface area contributed by atoms with Crippen molar-refractivity contribution < 1.29 is 19.7 Å². The maximum atomic E-state index is 12.3. The predicted octanol–water partition coefficient (Wildman–Crippen LogP) is 3.49. The Balaban J connectivity index is 2.21. The van der Waals surface area contributed by atoms with Gasteiger partial charge in [-0.3, -0.25) is 0 Å². The lowest BCUT2D eigenvalue weighted by atomic mass is 9.86. The lowest BCUT2D eigenvalue weighted by Crippen LogP contribution is -2.35. The highest BCUT2D eigenvalue weighted by molar-refractivity contribution is 9.10. The molecular formula is C17H24BrNO4. The number of para-hydroxylation sites is 1. The van der Waals surface area contributed by atoms with Crippen molar-refractivity contribution in [3.63, 3.8) is 0 Å². The molecule has 0 bridgehead atoms. The quantitative estimate of drug-likeness (QED) is 0.835. The first-order chi connectivity index (χ1) is 10.7. The molecule has 1 fully saturated rings. The first-order valence-electron chi connectivity index (χ1n) is 7.79. The number of amides is 1. The summed E-state index contributed by atoms with van der Waals surface area (Å²) in [6.07, 6.45) is 0.230. The fraction of sp³-hybridized carbons (Fsp3) is 0.588. The van der Waals surface area contributed by atoms with E-state index in [-0.39, 0.29) is 30.3 Å². The number of hydrogen-bond donors (Lipinski definition) is 2. The highest BCUT2D eigenvalue weighted by atomic mass is 79.9. The van der Waals surface area contributed by atoms with Crippen LogP contribution in [0.15, 0.2) is 22.7 Å². The minimum absolute atomic E-state index is 0.0211. The third kappa shape index (κ3) is 4.38. The molecule has 1 heterocycles. The fourth-order valence-electron chi connectivity index (χ4n) is 2.99. The smallest absolute Gasteiger partial charge is 0.410 e. The van der Waals surface area contributed by atoms with Crippen molar-refractivity contribution in [2.75, 3.05) is 19.7 Å². The molecule has 1 saturated heterocycles. The molecule has 1 aliphatic heterocycles. The van der Waals surface area contributed by atoms with Crippen molar-refractivity contribution in [2.24, 2.45) is 5.92 Å². The molecule has 2 N–H and O–H groups in total. The van der Waals surface area contributed by atoms with E-state index in [1.54, 1.807) is 11.0 Å². The molecule has 5 nitrogen and oxygen atoms in total. The van der Waals surface area contributed by atoms with Crippen LogP contribution in [0.3, 0.4) is 0 Å². The second-order valence-corrected chi connectivity index (χ2v) is 7.80. The molecule has 23 heavy (non-hydrogen) atoms. The van der Waals surface area contributed by atoms with Gasteiger partial charge < -0.3 is 19.8 Å². The van der Waals surface area contributed by atoms with Crippen molar-refractivity contribution in [2.45, 2.75) is 38.7 Å². The summed E-state index contributed by atoms with van der Waals surface area (Å²) in [6, 6.07) is 5.51. The van der Waals surface area contributed by atoms with Crippen molar-refractivity contribution >= 4 is 22.0 Å². The van der Waals surface area contributed by atoms with Crippen LogP contribution in [0.5, 0.6) is 5.75 Å². The topological polar surface area (TPSA) is 70.0 Å². The van der Waals surface area contributed by atoms with E-state index in [0.717, 1.165) is 5.56 Å². The number of hydrogen-bond acceptors (Lipinski definition) is 4. The lowest BCUT2D eigenvalue weighted by Gasteiger charge is -2.24. The normalized spacial score (nSPS) is 21.5. The predicted molar refractivity (Wildman–Crippen MR) is 91.5 cm³/mol. The van der Waals surface area contributed by atoms with Gasteiger partial charge in [-0.1, -0.05) is 12.1 Å². The van der Waals surface area contributed by atoms with E-state index >= 15 is 0 Å². The zero-order valence-corrected chi connectivity index (χ0v) is 15.3. The van der Waals surface area contributed by atoms with Crippen LogP contribution in [0.4, 0.5) is 4.79 Å². The third-order valence-electron chi connectivity index (χ3n) is 4.01. The average molecular weight is 386 g/mol. The Bertz CT molecular complexity index is 570. The molecule has 6 heteroatoms. The average Bonchev–Trinajstić information content (AvgIpc) is 2.84. The van der Waals surface area contributed by atoms with Crippen molar-refractivity contribution in [3.8, 4) is 5.75 Å². The Morgan fingerprint density at radius 2 is 2.09 bits per heavy atom. The molecule has 0 aliphatic carbocycles. The Morgan fingerprint density at radius 3 is 2.70 bits per heavy atom. The summed E-state index contributed by atoms with van der Waals surface area (Å²) >= 11 is 3.33. The molecule has 1 aromatic rings. The van der Waals surface area contributed by atoms with E-state index in [0.29, 0.717) is 24.0 Å².